The molecule has 4 aliphatic rings. The summed E-state index contributed by atoms with van der Waals surface area (Å²) in [6, 6.07) is 0.521. The summed E-state index contributed by atoms with van der Waals surface area (Å²) in [6.45, 7) is 7.24. The Morgan fingerprint density at radius 3 is 2.00 bits per heavy atom. The zero-order chi connectivity index (χ0) is 8.02. The molecule has 11 heavy (non-hydrogen) atoms. The molecule has 4 saturated carbocycles. The second-order valence-corrected chi connectivity index (χ2v) is 5.64. The Labute approximate surface area is 68.3 Å². The molecule has 1 nitrogen and oxygen atoms in total. The molecular formula is C10H17N. The van der Waals surface area contributed by atoms with Gasteiger partial charge in [-0.1, -0.05) is 20.8 Å². The van der Waals surface area contributed by atoms with Gasteiger partial charge in [0.25, 0.3) is 0 Å². The summed E-state index contributed by atoms with van der Waals surface area (Å²) in [5, 5.41) is 0. The van der Waals surface area contributed by atoms with E-state index in [2.05, 4.69) is 20.8 Å². The Balaban J connectivity index is 2.16. The van der Waals surface area contributed by atoms with E-state index >= 15 is 0 Å². The first-order chi connectivity index (χ1) is 5.00. The Kier molecular flexibility index (Phi) is 0.755. The molecule has 0 aromatic heterocycles. The van der Waals surface area contributed by atoms with E-state index in [0.717, 1.165) is 17.8 Å². The molecule has 0 radical (unpaired) electrons. The summed E-state index contributed by atoms with van der Waals surface area (Å²) in [5.74, 6) is 2.92. The van der Waals surface area contributed by atoms with Crippen LogP contribution in [0, 0.1) is 28.6 Å². The molecule has 2 N–H and O–H groups in total. The van der Waals surface area contributed by atoms with Crippen molar-refractivity contribution in [3.05, 3.63) is 0 Å². The Morgan fingerprint density at radius 2 is 1.91 bits per heavy atom. The molecular weight excluding hydrogens is 134 g/mol. The molecule has 2 unspecified atom stereocenters. The largest absolute Gasteiger partial charge is 0.327 e. The lowest BCUT2D eigenvalue weighted by Crippen LogP contribution is -2.40. The van der Waals surface area contributed by atoms with Gasteiger partial charge in [0, 0.05) is 6.04 Å². The molecule has 0 aliphatic heterocycles. The van der Waals surface area contributed by atoms with E-state index in [1.807, 2.05) is 0 Å². The Bertz CT molecular complexity index is 231. The fraction of sp³-hybridized carbons (Fsp3) is 1.00. The smallest absolute Gasteiger partial charge is 0.0132 e. The highest BCUT2D eigenvalue weighted by Crippen LogP contribution is 2.82. The molecule has 1 heteroatoms. The van der Waals surface area contributed by atoms with E-state index in [-0.39, 0.29) is 0 Å². The van der Waals surface area contributed by atoms with Crippen LogP contribution in [0.15, 0.2) is 0 Å². The van der Waals surface area contributed by atoms with E-state index in [1.54, 1.807) is 0 Å². The molecule has 0 spiro atoms. The Hall–Kier alpha value is -0.0400. The van der Waals surface area contributed by atoms with E-state index in [0.29, 0.717) is 16.9 Å². The number of hydrogen-bond acceptors (Lipinski definition) is 1. The third kappa shape index (κ3) is 0.395. The van der Waals surface area contributed by atoms with Crippen molar-refractivity contribution in [3.63, 3.8) is 0 Å². The summed E-state index contributed by atoms with van der Waals surface area (Å²) >= 11 is 0. The van der Waals surface area contributed by atoms with Crippen LogP contribution in [-0.4, -0.2) is 6.04 Å². The van der Waals surface area contributed by atoms with E-state index < -0.39 is 0 Å². The summed E-state index contributed by atoms with van der Waals surface area (Å²) in [7, 11) is 0. The average Bonchev–Trinajstić information content (AvgIpc) is 2.43. The highest BCUT2D eigenvalue weighted by molar-refractivity contribution is 5.30. The number of hydrogen-bond donors (Lipinski definition) is 1. The van der Waals surface area contributed by atoms with Gasteiger partial charge in [0.2, 0.25) is 0 Å². The molecule has 4 bridgehead atoms. The normalized spacial score (nSPS) is 68.7. The van der Waals surface area contributed by atoms with Gasteiger partial charge in [0.05, 0.1) is 0 Å². The molecule has 4 fully saturated rings. The van der Waals surface area contributed by atoms with Gasteiger partial charge < -0.3 is 5.73 Å². The monoisotopic (exact) mass is 151 g/mol. The molecule has 4 aliphatic carbocycles. The van der Waals surface area contributed by atoms with Crippen molar-refractivity contribution in [2.24, 2.45) is 34.3 Å². The molecule has 4 rings (SSSR count). The lowest BCUT2D eigenvalue weighted by Gasteiger charge is -2.37. The fourth-order valence-corrected chi connectivity index (χ4v) is 4.29. The van der Waals surface area contributed by atoms with Gasteiger partial charge in [-0.3, -0.25) is 0 Å². The maximum atomic E-state index is 6.21. The minimum atomic E-state index is 0.479. The average molecular weight is 151 g/mol. The van der Waals surface area contributed by atoms with Crippen LogP contribution in [-0.2, 0) is 0 Å². The van der Waals surface area contributed by atoms with Crippen LogP contribution in [0.3, 0.4) is 0 Å². The predicted molar refractivity (Wildman–Crippen MR) is 45.0 cm³/mol. The van der Waals surface area contributed by atoms with Crippen LogP contribution in [0.5, 0.6) is 0 Å². The standard InChI is InChI=1S/C10H17N/c1-9(2)7-5-4-10(9,3)8(11)6(5)7/h5-8H,4,11H2,1-3H3/t5-,6+,7?,8?,10+/m1/s1. The fourth-order valence-electron chi connectivity index (χ4n) is 4.29. The summed E-state index contributed by atoms with van der Waals surface area (Å²) in [4.78, 5) is 0. The van der Waals surface area contributed by atoms with E-state index in [4.69, 9.17) is 5.73 Å². The molecule has 0 saturated heterocycles. The van der Waals surface area contributed by atoms with Gasteiger partial charge in [0.1, 0.15) is 0 Å². The zero-order valence-electron chi connectivity index (χ0n) is 7.59. The number of nitrogens with two attached hydrogens (primary N) is 1. The van der Waals surface area contributed by atoms with Gasteiger partial charge in [-0.25, -0.2) is 0 Å². The maximum Gasteiger partial charge on any atom is 0.0132 e. The first kappa shape index (κ1) is 6.47. The number of rotatable bonds is 0. The van der Waals surface area contributed by atoms with Gasteiger partial charge in [0.15, 0.2) is 0 Å². The molecule has 5 atom stereocenters. The second-order valence-electron chi connectivity index (χ2n) is 5.64. The van der Waals surface area contributed by atoms with Crippen LogP contribution in [0.1, 0.15) is 27.2 Å². The molecule has 0 amide bonds. The molecule has 0 aromatic rings. The minimum absolute atomic E-state index is 0.479. The van der Waals surface area contributed by atoms with Crippen molar-refractivity contribution in [2.75, 3.05) is 0 Å². The highest BCUT2D eigenvalue weighted by atomic mass is 14.9. The second kappa shape index (κ2) is 1.28. The van der Waals surface area contributed by atoms with Crippen molar-refractivity contribution in [2.45, 2.75) is 33.2 Å². The molecule has 0 aromatic carbocycles. The first-order valence-electron chi connectivity index (χ1n) is 4.76. The van der Waals surface area contributed by atoms with Crippen LogP contribution < -0.4 is 5.73 Å². The first-order valence-corrected chi connectivity index (χ1v) is 4.76. The van der Waals surface area contributed by atoms with Crippen LogP contribution in [0.4, 0.5) is 0 Å². The third-order valence-electron chi connectivity index (χ3n) is 5.34. The van der Waals surface area contributed by atoms with E-state index in [9.17, 15) is 0 Å². The molecule has 0 heterocycles. The summed E-state index contributed by atoms with van der Waals surface area (Å²) < 4.78 is 0. The SMILES string of the molecule is CC1(C)C2[C@H]3C(N)[C@]1(C)C[C@@H]23. The van der Waals surface area contributed by atoms with Crippen LogP contribution >= 0.6 is 0 Å². The lowest BCUT2D eigenvalue weighted by atomic mass is 9.69. The highest BCUT2D eigenvalue weighted by Gasteiger charge is 2.80. The minimum Gasteiger partial charge on any atom is -0.327 e. The van der Waals surface area contributed by atoms with Gasteiger partial charge >= 0.3 is 0 Å². The van der Waals surface area contributed by atoms with Crippen molar-refractivity contribution >= 4 is 0 Å². The summed E-state index contributed by atoms with van der Waals surface area (Å²) in [6.07, 6.45) is 1.41. The van der Waals surface area contributed by atoms with Crippen LogP contribution in [0.25, 0.3) is 0 Å². The van der Waals surface area contributed by atoms with Crippen molar-refractivity contribution in [3.8, 4) is 0 Å². The topological polar surface area (TPSA) is 26.0 Å². The van der Waals surface area contributed by atoms with Crippen LogP contribution in [0.2, 0.25) is 0 Å². The van der Waals surface area contributed by atoms with Gasteiger partial charge in [-0.15, -0.1) is 0 Å². The zero-order valence-corrected chi connectivity index (χ0v) is 7.59. The van der Waals surface area contributed by atoms with E-state index in [1.165, 1.54) is 6.42 Å². The maximum absolute atomic E-state index is 6.21. The lowest BCUT2D eigenvalue weighted by molar-refractivity contribution is 0.136. The quantitative estimate of drug-likeness (QED) is 0.559. The Morgan fingerprint density at radius 1 is 1.27 bits per heavy atom. The van der Waals surface area contributed by atoms with Crippen molar-refractivity contribution in [1.82, 2.24) is 0 Å². The van der Waals surface area contributed by atoms with Gasteiger partial charge in [-0.05, 0) is 35.0 Å². The molecule has 62 valence electrons. The van der Waals surface area contributed by atoms with Crippen molar-refractivity contribution < 1.29 is 0 Å². The summed E-state index contributed by atoms with van der Waals surface area (Å²) in [5.41, 5.74) is 7.24. The van der Waals surface area contributed by atoms with Gasteiger partial charge in [-0.2, -0.15) is 0 Å². The van der Waals surface area contributed by atoms with Crippen molar-refractivity contribution in [1.29, 1.82) is 0 Å². The third-order valence-corrected chi connectivity index (χ3v) is 5.34. The predicted octanol–water partition coefficient (Wildman–Crippen LogP) is 1.63.